The molecular weight excluding hydrogens is 462 g/mol. The summed E-state index contributed by atoms with van der Waals surface area (Å²) in [6.07, 6.45) is 4.10. The Bertz CT molecular complexity index is 1110. The fraction of sp³-hybridized carbons (Fsp3) is 0.481. The fourth-order valence-corrected chi connectivity index (χ4v) is 4.55. The highest BCUT2D eigenvalue weighted by Gasteiger charge is 2.18. The molecule has 35 heavy (non-hydrogen) atoms. The van der Waals surface area contributed by atoms with E-state index in [0.29, 0.717) is 5.39 Å². The molecule has 4 rings (SSSR count). The largest absolute Gasteiger partial charge is 0.508 e. The SMILES string of the molecule is CCC.CCC.Cn1cc(C(=O)NCc2ccc(O)cc2)c(=O)c2cc(CN3CCOCC3)sc21. The molecule has 0 saturated carbocycles. The molecule has 2 aromatic heterocycles. The first-order valence-electron chi connectivity index (χ1n) is 12.3. The average molecular weight is 502 g/mol. The van der Waals surface area contributed by atoms with E-state index in [2.05, 4.69) is 37.9 Å². The third-order valence-electron chi connectivity index (χ3n) is 5.01. The van der Waals surface area contributed by atoms with Crippen LogP contribution in [0.5, 0.6) is 5.75 Å². The summed E-state index contributed by atoms with van der Waals surface area (Å²) in [4.78, 5) is 29.9. The lowest BCUT2D eigenvalue weighted by Crippen LogP contribution is -2.35. The van der Waals surface area contributed by atoms with Crippen LogP contribution in [0.25, 0.3) is 10.2 Å². The molecule has 3 heterocycles. The zero-order valence-electron chi connectivity index (χ0n) is 21.6. The number of morpholine rings is 1. The van der Waals surface area contributed by atoms with Gasteiger partial charge < -0.3 is 19.7 Å². The number of aromatic hydroxyl groups is 1. The molecule has 1 aliphatic rings. The summed E-state index contributed by atoms with van der Waals surface area (Å²) in [5.74, 6) is -0.230. The number of aryl methyl sites for hydroxylation is 1. The Morgan fingerprint density at radius 2 is 1.69 bits per heavy atom. The molecule has 1 saturated heterocycles. The Labute approximate surface area is 212 Å². The van der Waals surface area contributed by atoms with Crippen molar-refractivity contribution < 1.29 is 14.6 Å². The fourth-order valence-electron chi connectivity index (χ4n) is 3.42. The number of nitrogens with one attached hydrogen (secondary N) is 1. The smallest absolute Gasteiger partial charge is 0.257 e. The number of rotatable bonds is 5. The zero-order chi connectivity index (χ0) is 25.8. The van der Waals surface area contributed by atoms with Crippen molar-refractivity contribution in [1.29, 1.82) is 0 Å². The van der Waals surface area contributed by atoms with Crippen molar-refractivity contribution >= 4 is 27.5 Å². The second kappa shape index (κ2) is 14.7. The Morgan fingerprint density at radius 3 is 2.29 bits per heavy atom. The highest BCUT2D eigenvalue weighted by molar-refractivity contribution is 7.18. The minimum atomic E-state index is -0.401. The van der Waals surface area contributed by atoms with E-state index in [4.69, 9.17) is 4.74 Å². The molecule has 0 bridgehead atoms. The molecule has 1 amide bonds. The molecule has 7 nitrogen and oxygen atoms in total. The number of aromatic nitrogens is 1. The lowest BCUT2D eigenvalue weighted by atomic mass is 10.1. The summed E-state index contributed by atoms with van der Waals surface area (Å²) in [5.41, 5.74) is 0.734. The number of hydrogen-bond donors (Lipinski definition) is 2. The number of pyridine rings is 1. The Balaban J connectivity index is 0.000000655. The van der Waals surface area contributed by atoms with Crippen LogP contribution in [0.4, 0.5) is 0 Å². The second-order valence-electron chi connectivity index (χ2n) is 8.57. The van der Waals surface area contributed by atoms with Crippen LogP contribution < -0.4 is 10.7 Å². The topological polar surface area (TPSA) is 83.8 Å². The lowest BCUT2D eigenvalue weighted by Gasteiger charge is -2.25. The third-order valence-corrected chi connectivity index (χ3v) is 6.22. The van der Waals surface area contributed by atoms with Crippen molar-refractivity contribution in [2.45, 2.75) is 53.6 Å². The van der Waals surface area contributed by atoms with Crippen LogP contribution in [0.15, 0.2) is 41.3 Å². The van der Waals surface area contributed by atoms with Gasteiger partial charge in [-0.3, -0.25) is 14.5 Å². The third kappa shape index (κ3) is 8.49. The molecule has 8 heteroatoms. The molecule has 192 valence electrons. The molecule has 1 aromatic carbocycles. The van der Waals surface area contributed by atoms with Crippen molar-refractivity contribution in [2.75, 3.05) is 26.3 Å². The van der Waals surface area contributed by atoms with Crippen molar-refractivity contribution in [3.05, 3.63) is 62.8 Å². The van der Waals surface area contributed by atoms with Crippen LogP contribution in [0, 0.1) is 0 Å². The van der Waals surface area contributed by atoms with E-state index in [9.17, 15) is 14.7 Å². The van der Waals surface area contributed by atoms with Crippen molar-refractivity contribution in [1.82, 2.24) is 14.8 Å². The van der Waals surface area contributed by atoms with E-state index in [1.807, 2.05) is 17.7 Å². The summed E-state index contributed by atoms with van der Waals surface area (Å²) in [6, 6.07) is 8.50. The van der Waals surface area contributed by atoms with E-state index in [1.54, 1.807) is 41.8 Å². The van der Waals surface area contributed by atoms with Gasteiger partial charge in [-0.05, 0) is 23.8 Å². The van der Waals surface area contributed by atoms with Crippen LogP contribution in [0.3, 0.4) is 0 Å². The predicted molar refractivity (Wildman–Crippen MR) is 144 cm³/mol. The maximum absolute atomic E-state index is 12.9. The monoisotopic (exact) mass is 501 g/mol. The molecule has 1 fully saturated rings. The van der Waals surface area contributed by atoms with Gasteiger partial charge in [0.25, 0.3) is 5.91 Å². The summed E-state index contributed by atoms with van der Waals surface area (Å²) >= 11 is 1.59. The number of carbonyl (C=O) groups is 1. The van der Waals surface area contributed by atoms with E-state index < -0.39 is 5.91 Å². The highest BCUT2D eigenvalue weighted by Crippen LogP contribution is 2.25. The lowest BCUT2D eigenvalue weighted by molar-refractivity contribution is 0.0346. The number of thiophene rings is 1. The van der Waals surface area contributed by atoms with Gasteiger partial charge in [0.1, 0.15) is 16.1 Å². The maximum atomic E-state index is 12.9. The first-order valence-corrected chi connectivity index (χ1v) is 13.1. The first kappa shape index (κ1) is 28.6. The maximum Gasteiger partial charge on any atom is 0.257 e. The average Bonchev–Trinajstić information content (AvgIpc) is 3.27. The molecule has 0 atom stereocenters. The minimum Gasteiger partial charge on any atom is -0.508 e. The van der Waals surface area contributed by atoms with E-state index in [-0.39, 0.29) is 23.3 Å². The van der Waals surface area contributed by atoms with Crippen LogP contribution >= 0.6 is 11.3 Å². The van der Waals surface area contributed by atoms with Crippen LogP contribution in [0.2, 0.25) is 0 Å². The molecule has 1 aliphatic heterocycles. The molecule has 0 spiro atoms. The highest BCUT2D eigenvalue weighted by atomic mass is 32.1. The summed E-state index contributed by atoms with van der Waals surface area (Å²) in [6.45, 7) is 12.8. The summed E-state index contributed by atoms with van der Waals surface area (Å²) in [7, 11) is 1.85. The zero-order valence-corrected chi connectivity index (χ0v) is 22.4. The number of phenols is 1. The van der Waals surface area contributed by atoms with Gasteiger partial charge in [-0.2, -0.15) is 0 Å². The number of fused-ring (bicyclic) bond motifs is 1. The van der Waals surface area contributed by atoms with Crippen molar-refractivity contribution in [3.63, 3.8) is 0 Å². The first-order chi connectivity index (χ1) is 16.8. The van der Waals surface area contributed by atoms with Gasteiger partial charge in [0, 0.05) is 44.3 Å². The second-order valence-corrected chi connectivity index (χ2v) is 9.68. The number of phenolic OH excluding ortho intramolecular Hbond substituents is 1. The number of ether oxygens (including phenoxy) is 1. The van der Waals surface area contributed by atoms with Crippen molar-refractivity contribution in [3.8, 4) is 5.75 Å². The van der Waals surface area contributed by atoms with Gasteiger partial charge in [-0.1, -0.05) is 52.7 Å². The number of hydrogen-bond acceptors (Lipinski definition) is 6. The van der Waals surface area contributed by atoms with Gasteiger partial charge >= 0.3 is 0 Å². The van der Waals surface area contributed by atoms with Crippen LogP contribution in [-0.2, 0) is 24.9 Å². The Morgan fingerprint density at radius 1 is 1.09 bits per heavy atom. The predicted octanol–water partition coefficient (Wildman–Crippen LogP) is 4.90. The molecular formula is C27H39N3O4S. The number of nitrogens with zero attached hydrogens (tertiary/aromatic N) is 2. The molecule has 2 N–H and O–H groups in total. The summed E-state index contributed by atoms with van der Waals surface area (Å²) in [5, 5.41) is 12.7. The molecule has 0 aliphatic carbocycles. The quantitative estimate of drug-likeness (QED) is 0.520. The normalized spacial score (nSPS) is 13.4. The standard InChI is InChI=1S/C21H23N3O4S.2C3H8/c1-23-13-18(20(27)22-11-14-2-4-15(25)5-3-14)19(26)17-10-16(29-21(17)23)12-24-6-8-28-9-7-24;2*1-3-2/h2-5,10,13,25H,6-9,11-12H2,1H3,(H,22,27);2*3H2,1-2H3. The number of amides is 1. The van der Waals surface area contributed by atoms with Crippen LogP contribution in [0.1, 0.15) is 61.3 Å². The van der Waals surface area contributed by atoms with Gasteiger partial charge in [-0.15, -0.1) is 11.3 Å². The van der Waals surface area contributed by atoms with Crippen molar-refractivity contribution in [2.24, 2.45) is 7.05 Å². The Hall–Kier alpha value is -2.68. The van der Waals surface area contributed by atoms with Gasteiger partial charge in [0.05, 0.1) is 18.6 Å². The number of carbonyl (C=O) groups excluding carboxylic acids is 1. The molecule has 3 aromatic rings. The van der Waals surface area contributed by atoms with Crippen LogP contribution in [-0.4, -0.2) is 46.8 Å². The molecule has 0 radical (unpaired) electrons. The Kier molecular flexibility index (Phi) is 12.0. The minimum absolute atomic E-state index is 0.134. The molecule has 0 unspecified atom stereocenters. The van der Waals surface area contributed by atoms with E-state index in [1.165, 1.54) is 12.8 Å². The van der Waals surface area contributed by atoms with E-state index >= 15 is 0 Å². The van der Waals surface area contributed by atoms with Gasteiger partial charge in [0.15, 0.2) is 0 Å². The van der Waals surface area contributed by atoms with Gasteiger partial charge in [-0.25, -0.2) is 0 Å². The van der Waals surface area contributed by atoms with E-state index in [0.717, 1.165) is 48.1 Å². The number of benzene rings is 1. The summed E-state index contributed by atoms with van der Waals surface area (Å²) < 4.78 is 7.24. The van der Waals surface area contributed by atoms with Gasteiger partial charge in [0.2, 0.25) is 5.43 Å².